The van der Waals surface area contributed by atoms with Gasteiger partial charge in [-0.05, 0) is 29.8 Å². The van der Waals surface area contributed by atoms with E-state index in [4.69, 9.17) is 9.47 Å². The molecular weight excluding hydrogens is 334 g/mol. The van der Waals surface area contributed by atoms with Gasteiger partial charge in [0.15, 0.2) is 11.5 Å². The van der Waals surface area contributed by atoms with Crippen LogP contribution in [0, 0.1) is 10.1 Å². The van der Waals surface area contributed by atoms with Crippen LogP contribution in [-0.2, 0) is 6.54 Å². The van der Waals surface area contributed by atoms with Gasteiger partial charge in [-0.1, -0.05) is 6.07 Å². The lowest BCUT2D eigenvalue weighted by atomic mass is 10.1. The standard InChI is InChI=1S/C19H21N3O4/c23-22(24)17-4-2-16(3-5-17)21-9-7-20(8-10-21)14-15-1-6-18-19(13-15)26-12-11-25-18/h1-6,13H,7-12,14H2. The van der Waals surface area contributed by atoms with Crippen LogP contribution in [0.25, 0.3) is 0 Å². The van der Waals surface area contributed by atoms with Gasteiger partial charge in [0.05, 0.1) is 4.92 Å². The van der Waals surface area contributed by atoms with E-state index in [-0.39, 0.29) is 10.6 Å². The number of piperazine rings is 1. The zero-order chi connectivity index (χ0) is 17.9. The van der Waals surface area contributed by atoms with Crippen molar-refractivity contribution in [1.29, 1.82) is 0 Å². The molecule has 4 rings (SSSR count). The van der Waals surface area contributed by atoms with Gasteiger partial charge in [0.2, 0.25) is 0 Å². The summed E-state index contributed by atoms with van der Waals surface area (Å²) < 4.78 is 11.2. The molecule has 1 fully saturated rings. The molecule has 0 aliphatic carbocycles. The van der Waals surface area contributed by atoms with Gasteiger partial charge in [-0.25, -0.2) is 0 Å². The first-order valence-corrected chi connectivity index (χ1v) is 8.79. The molecule has 2 aromatic carbocycles. The van der Waals surface area contributed by atoms with Crippen LogP contribution >= 0.6 is 0 Å². The Morgan fingerprint density at radius 2 is 1.62 bits per heavy atom. The molecule has 0 bridgehead atoms. The number of nitro groups is 1. The van der Waals surface area contributed by atoms with Crippen molar-refractivity contribution in [2.24, 2.45) is 0 Å². The second-order valence-electron chi connectivity index (χ2n) is 6.51. The maximum Gasteiger partial charge on any atom is 0.269 e. The van der Waals surface area contributed by atoms with E-state index in [1.807, 2.05) is 18.2 Å². The second-order valence-corrected chi connectivity index (χ2v) is 6.51. The van der Waals surface area contributed by atoms with Crippen LogP contribution in [0.1, 0.15) is 5.56 Å². The number of non-ortho nitro benzene ring substituents is 1. The van der Waals surface area contributed by atoms with Gasteiger partial charge in [-0.15, -0.1) is 0 Å². The number of fused-ring (bicyclic) bond motifs is 1. The number of hydrogen-bond donors (Lipinski definition) is 0. The van der Waals surface area contributed by atoms with Crippen LogP contribution in [0.4, 0.5) is 11.4 Å². The predicted octanol–water partition coefficient (Wildman–Crippen LogP) is 2.69. The number of nitro benzene ring substituents is 1. The molecule has 0 unspecified atom stereocenters. The zero-order valence-electron chi connectivity index (χ0n) is 14.5. The van der Waals surface area contributed by atoms with Crippen molar-refractivity contribution in [3.63, 3.8) is 0 Å². The summed E-state index contributed by atoms with van der Waals surface area (Å²) in [5.41, 5.74) is 2.39. The number of nitrogens with zero attached hydrogens (tertiary/aromatic N) is 3. The van der Waals surface area contributed by atoms with Gasteiger partial charge in [-0.3, -0.25) is 15.0 Å². The number of ether oxygens (including phenoxy) is 2. The first-order valence-electron chi connectivity index (χ1n) is 8.79. The summed E-state index contributed by atoms with van der Waals surface area (Å²) in [7, 11) is 0. The second kappa shape index (κ2) is 7.21. The van der Waals surface area contributed by atoms with Crippen LogP contribution in [0.3, 0.4) is 0 Å². The van der Waals surface area contributed by atoms with Crippen molar-refractivity contribution in [1.82, 2.24) is 4.90 Å². The SMILES string of the molecule is O=[N+]([O-])c1ccc(N2CCN(Cc3ccc4c(c3)OCCO4)CC2)cc1. The third-order valence-electron chi connectivity index (χ3n) is 4.81. The Bertz CT molecular complexity index is 786. The van der Waals surface area contributed by atoms with Gasteiger partial charge in [0.25, 0.3) is 5.69 Å². The average molecular weight is 355 g/mol. The number of hydrogen-bond acceptors (Lipinski definition) is 6. The molecule has 0 saturated carbocycles. The molecule has 0 aromatic heterocycles. The van der Waals surface area contributed by atoms with E-state index in [1.54, 1.807) is 12.1 Å². The fraction of sp³-hybridized carbons (Fsp3) is 0.368. The molecule has 2 aliphatic rings. The summed E-state index contributed by atoms with van der Waals surface area (Å²) >= 11 is 0. The predicted molar refractivity (Wildman–Crippen MR) is 98.0 cm³/mol. The molecule has 0 amide bonds. The van der Waals surface area contributed by atoms with Gasteiger partial charge in [0, 0.05) is 50.5 Å². The molecule has 0 radical (unpaired) electrons. The highest BCUT2D eigenvalue weighted by atomic mass is 16.6. The Balaban J connectivity index is 1.34. The number of anilines is 1. The van der Waals surface area contributed by atoms with E-state index in [0.29, 0.717) is 13.2 Å². The lowest BCUT2D eigenvalue weighted by Crippen LogP contribution is -2.45. The molecule has 26 heavy (non-hydrogen) atoms. The molecule has 7 nitrogen and oxygen atoms in total. The summed E-state index contributed by atoms with van der Waals surface area (Å²) in [5.74, 6) is 1.65. The van der Waals surface area contributed by atoms with Crippen molar-refractivity contribution in [3.05, 3.63) is 58.1 Å². The Kier molecular flexibility index (Phi) is 4.62. The third kappa shape index (κ3) is 3.57. The lowest BCUT2D eigenvalue weighted by molar-refractivity contribution is -0.384. The molecule has 0 N–H and O–H groups in total. The Labute approximate surface area is 151 Å². The van der Waals surface area contributed by atoms with Crippen LogP contribution in [-0.4, -0.2) is 49.2 Å². The molecule has 0 atom stereocenters. The normalized spacial score (nSPS) is 17.2. The monoisotopic (exact) mass is 355 g/mol. The van der Waals surface area contributed by atoms with Gasteiger partial charge < -0.3 is 14.4 Å². The fourth-order valence-corrected chi connectivity index (χ4v) is 3.39. The minimum atomic E-state index is -0.366. The van der Waals surface area contributed by atoms with Crippen molar-refractivity contribution < 1.29 is 14.4 Å². The Morgan fingerprint density at radius 1 is 0.923 bits per heavy atom. The molecule has 0 spiro atoms. The molecule has 2 aromatic rings. The third-order valence-corrected chi connectivity index (χ3v) is 4.81. The number of rotatable bonds is 4. The van der Waals surface area contributed by atoms with Gasteiger partial charge in [-0.2, -0.15) is 0 Å². The van der Waals surface area contributed by atoms with Gasteiger partial charge in [0.1, 0.15) is 13.2 Å². The summed E-state index contributed by atoms with van der Waals surface area (Å²) in [6, 6.07) is 12.9. The summed E-state index contributed by atoms with van der Waals surface area (Å²) in [6.07, 6.45) is 0. The average Bonchev–Trinajstić information content (AvgIpc) is 2.68. The molecule has 7 heteroatoms. The minimum absolute atomic E-state index is 0.131. The molecule has 2 heterocycles. The van der Waals surface area contributed by atoms with E-state index < -0.39 is 0 Å². The highest BCUT2D eigenvalue weighted by molar-refractivity contribution is 5.51. The minimum Gasteiger partial charge on any atom is -0.486 e. The van der Waals surface area contributed by atoms with Crippen molar-refractivity contribution in [2.45, 2.75) is 6.54 Å². The van der Waals surface area contributed by atoms with E-state index in [2.05, 4.69) is 21.9 Å². The van der Waals surface area contributed by atoms with Crippen LogP contribution in [0.15, 0.2) is 42.5 Å². The first-order chi connectivity index (χ1) is 12.7. The van der Waals surface area contributed by atoms with E-state index in [1.165, 1.54) is 5.56 Å². The van der Waals surface area contributed by atoms with Crippen molar-refractivity contribution in [2.75, 3.05) is 44.3 Å². The maximum absolute atomic E-state index is 10.8. The van der Waals surface area contributed by atoms with E-state index in [9.17, 15) is 10.1 Å². The highest BCUT2D eigenvalue weighted by Crippen LogP contribution is 2.31. The van der Waals surface area contributed by atoms with E-state index in [0.717, 1.165) is 49.9 Å². The van der Waals surface area contributed by atoms with Crippen molar-refractivity contribution >= 4 is 11.4 Å². The quantitative estimate of drug-likeness (QED) is 0.620. The zero-order valence-corrected chi connectivity index (χ0v) is 14.5. The van der Waals surface area contributed by atoms with Crippen molar-refractivity contribution in [3.8, 4) is 11.5 Å². The first kappa shape index (κ1) is 16.7. The Hall–Kier alpha value is -2.80. The van der Waals surface area contributed by atoms with Crippen LogP contribution in [0.2, 0.25) is 0 Å². The molecule has 136 valence electrons. The summed E-state index contributed by atoms with van der Waals surface area (Å²) in [4.78, 5) is 15.1. The Morgan fingerprint density at radius 3 is 2.31 bits per heavy atom. The molecule has 2 aliphatic heterocycles. The smallest absolute Gasteiger partial charge is 0.269 e. The number of benzene rings is 2. The van der Waals surface area contributed by atoms with E-state index >= 15 is 0 Å². The highest BCUT2D eigenvalue weighted by Gasteiger charge is 2.19. The summed E-state index contributed by atoms with van der Waals surface area (Å²) in [5, 5.41) is 10.8. The lowest BCUT2D eigenvalue weighted by Gasteiger charge is -2.36. The van der Waals surface area contributed by atoms with Gasteiger partial charge >= 0.3 is 0 Å². The summed E-state index contributed by atoms with van der Waals surface area (Å²) in [6.45, 7) is 5.80. The maximum atomic E-state index is 10.8. The largest absolute Gasteiger partial charge is 0.486 e. The fourth-order valence-electron chi connectivity index (χ4n) is 3.39. The molecule has 1 saturated heterocycles. The molecular formula is C19H21N3O4. The van der Waals surface area contributed by atoms with Crippen LogP contribution < -0.4 is 14.4 Å². The topological polar surface area (TPSA) is 68.1 Å². The van der Waals surface area contributed by atoms with Crippen LogP contribution in [0.5, 0.6) is 11.5 Å².